The molecule has 0 aliphatic carbocycles. The summed E-state index contributed by atoms with van der Waals surface area (Å²) in [4.78, 5) is 19.3. The van der Waals surface area contributed by atoms with Crippen molar-refractivity contribution in [1.29, 1.82) is 0 Å². The molecule has 0 unspecified atom stereocenters. The minimum absolute atomic E-state index is 0.0291. The van der Waals surface area contributed by atoms with Gasteiger partial charge in [-0.25, -0.2) is 0 Å². The fourth-order valence-electron chi connectivity index (χ4n) is 2.91. The minimum Gasteiger partial charge on any atom is -0.358 e. The highest BCUT2D eigenvalue weighted by Gasteiger charge is 2.17. The van der Waals surface area contributed by atoms with Gasteiger partial charge in [-0.2, -0.15) is 0 Å². The average Bonchev–Trinajstić information content (AvgIpc) is 3.16. The van der Waals surface area contributed by atoms with E-state index in [1.165, 1.54) is 10.4 Å². The van der Waals surface area contributed by atoms with Gasteiger partial charge in [0, 0.05) is 33.6 Å². The molecule has 0 aliphatic rings. The van der Waals surface area contributed by atoms with Gasteiger partial charge in [0.05, 0.1) is 6.04 Å². The maximum Gasteiger partial charge on any atom is 0.251 e. The first kappa shape index (κ1) is 16.7. The number of amides is 1. The van der Waals surface area contributed by atoms with Crippen LogP contribution in [0.2, 0.25) is 0 Å². The second kappa shape index (κ2) is 6.79. The van der Waals surface area contributed by atoms with Crippen LogP contribution in [-0.4, -0.2) is 36.4 Å². The van der Waals surface area contributed by atoms with E-state index < -0.39 is 0 Å². The Hall–Kier alpha value is -2.11. The van der Waals surface area contributed by atoms with Crippen LogP contribution >= 0.6 is 11.3 Å². The van der Waals surface area contributed by atoms with E-state index in [2.05, 4.69) is 40.5 Å². The largest absolute Gasteiger partial charge is 0.358 e. The summed E-state index contributed by atoms with van der Waals surface area (Å²) in [5.74, 6) is -0.0291. The predicted octanol–water partition coefficient (Wildman–Crippen LogP) is 3.88. The number of aromatic amines is 1. The lowest BCUT2D eigenvalue weighted by atomic mass is 10.1. The van der Waals surface area contributed by atoms with Gasteiger partial charge in [0.2, 0.25) is 0 Å². The molecule has 0 spiro atoms. The second-order valence-electron chi connectivity index (χ2n) is 6.34. The van der Waals surface area contributed by atoms with Crippen molar-refractivity contribution in [3.05, 3.63) is 57.4 Å². The molecule has 126 valence electrons. The fraction of sp³-hybridized carbons (Fsp3) is 0.316. The van der Waals surface area contributed by atoms with Gasteiger partial charge in [-0.3, -0.25) is 4.79 Å². The van der Waals surface area contributed by atoms with Crippen molar-refractivity contribution in [2.45, 2.75) is 19.9 Å². The van der Waals surface area contributed by atoms with E-state index in [-0.39, 0.29) is 11.9 Å². The quantitative estimate of drug-likeness (QED) is 0.740. The molecule has 0 radical (unpaired) electrons. The summed E-state index contributed by atoms with van der Waals surface area (Å²) in [5, 5.41) is 6.26. The van der Waals surface area contributed by atoms with Crippen molar-refractivity contribution < 1.29 is 4.79 Å². The van der Waals surface area contributed by atoms with Gasteiger partial charge < -0.3 is 15.2 Å². The number of hydrogen-bond acceptors (Lipinski definition) is 3. The summed E-state index contributed by atoms with van der Waals surface area (Å²) in [5.41, 5.74) is 4.12. The molecule has 1 amide bonds. The van der Waals surface area contributed by atoms with Gasteiger partial charge in [-0.1, -0.05) is 6.07 Å². The van der Waals surface area contributed by atoms with E-state index in [1.807, 2.05) is 38.4 Å². The van der Waals surface area contributed by atoms with Gasteiger partial charge in [-0.15, -0.1) is 11.3 Å². The third kappa shape index (κ3) is 3.23. The zero-order chi connectivity index (χ0) is 17.3. The fourth-order valence-corrected chi connectivity index (χ4v) is 3.84. The number of nitrogens with one attached hydrogen (secondary N) is 2. The molecule has 4 nitrogen and oxygen atoms in total. The Balaban J connectivity index is 1.76. The summed E-state index contributed by atoms with van der Waals surface area (Å²) < 4.78 is 0. The molecule has 1 aromatic carbocycles. The maximum atomic E-state index is 12.6. The Bertz CT molecular complexity index is 849. The number of aromatic nitrogens is 1. The van der Waals surface area contributed by atoms with E-state index in [9.17, 15) is 4.79 Å². The highest BCUT2D eigenvalue weighted by molar-refractivity contribution is 7.10. The van der Waals surface area contributed by atoms with Crippen LogP contribution in [0, 0.1) is 13.8 Å². The van der Waals surface area contributed by atoms with Gasteiger partial charge in [0.15, 0.2) is 0 Å². The molecule has 3 rings (SSSR count). The lowest BCUT2D eigenvalue weighted by Gasteiger charge is -2.23. The predicted molar refractivity (Wildman–Crippen MR) is 101 cm³/mol. The molecule has 5 heteroatoms. The van der Waals surface area contributed by atoms with Crippen LogP contribution in [0.25, 0.3) is 10.9 Å². The molecular formula is C19H23N3OS. The van der Waals surface area contributed by atoms with Crippen LogP contribution in [0.5, 0.6) is 0 Å². The molecule has 0 fully saturated rings. The summed E-state index contributed by atoms with van der Waals surface area (Å²) >= 11 is 1.72. The molecule has 3 aromatic rings. The highest BCUT2D eigenvalue weighted by Crippen LogP contribution is 2.24. The number of nitrogens with zero attached hydrogens (tertiary/aromatic N) is 1. The normalized spacial score (nSPS) is 12.7. The molecule has 0 saturated carbocycles. The van der Waals surface area contributed by atoms with Crippen LogP contribution < -0.4 is 5.32 Å². The summed E-state index contributed by atoms with van der Waals surface area (Å²) in [7, 11) is 4.07. The lowest BCUT2D eigenvalue weighted by Crippen LogP contribution is -2.34. The second-order valence-corrected chi connectivity index (χ2v) is 7.32. The SMILES string of the molecule is Cc1[nH]c2ccc(C(=O)NC[C@@H](c3cccs3)N(C)C)cc2c1C. The van der Waals surface area contributed by atoms with Crippen LogP contribution in [0.4, 0.5) is 0 Å². The van der Waals surface area contributed by atoms with E-state index in [4.69, 9.17) is 0 Å². The first-order chi connectivity index (χ1) is 11.5. The molecule has 24 heavy (non-hydrogen) atoms. The summed E-state index contributed by atoms with van der Waals surface area (Å²) in [6, 6.07) is 10.2. The first-order valence-electron chi connectivity index (χ1n) is 8.04. The molecule has 2 N–H and O–H groups in total. The summed E-state index contributed by atoms with van der Waals surface area (Å²) in [6.07, 6.45) is 0. The molecule has 0 saturated heterocycles. The zero-order valence-corrected chi connectivity index (χ0v) is 15.3. The Labute approximate surface area is 146 Å². The van der Waals surface area contributed by atoms with Crippen LogP contribution in [-0.2, 0) is 0 Å². The third-order valence-corrected chi connectivity index (χ3v) is 5.49. The van der Waals surface area contributed by atoms with E-state index in [1.54, 1.807) is 11.3 Å². The number of hydrogen-bond donors (Lipinski definition) is 2. The Morgan fingerprint density at radius 1 is 1.29 bits per heavy atom. The number of thiophene rings is 1. The standard InChI is InChI=1S/C19H23N3OS/c1-12-13(2)21-16-8-7-14(10-15(12)16)19(23)20-11-17(22(3)4)18-6-5-9-24-18/h5-10,17,21H,11H2,1-4H3,(H,20,23)/t17-/m0/s1. The van der Waals surface area contributed by atoms with Crippen molar-refractivity contribution >= 4 is 28.1 Å². The van der Waals surface area contributed by atoms with Gasteiger partial charge >= 0.3 is 0 Å². The van der Waals surface area contributed by atoms with Crippen molar-refractivity contribution in [3.63, 3.8) is 0 Å². The number of benzene rings is 1. The van der Waals surface area contributed by atoms with Crippen LogP contribution in [0.1, 0.15) is 32.5 Å². The van der Waals surface area contributed by atoms with E-state index in [0.717, 1.165) is 16.6 Å². The van der Waals surface area contributed by atoms with Crippen molar-refractivity contribution in [2.75, 3.05) is 20.6 Å². The summed E-state index contributed by atoms with van der Waals surface area (Å²) in [6.45, 7) is 4.72. The average molecular weight is 341 g/mol. The van der Waals surface area contributed by atoms with Crippen LogP contribution in [0.3, 0.4) is 0 Å². The molecular weight excluding hydrogens is 318 g/mol. The molecule has 0 aliphatic heterocycles. The number of aryl methyl sites for hydroxylation is 2. The van der Waals surface area contributed by atoms with E-state index >= 15 is 0 Å². The van der Waals surface area contributed by atoms with E-state index in [0.29, 0.717) is 12.1 Å². The topological polar surface area (TPSA) is 48.1 Å². The first-order valence-corrected chi connectivity index (χ1v) is 8.92. The molecule has 0 bridgehead atoms. The van der Waals surface area contributed by atoms with Crippen LogP contribution in [0.15, 0.2) is 35.7 Å². The minimum atomic E-state index is -0.0291. The Morgan fingerprint density at radius 2 is 2.08 bits per heavy atom. The lowest BCUT2D eigenvalue weighted by molar-refractivity contribution is 0.0942. The molecule has 1 atom stereocenters. The molecule has 2 heterocycles. The zero-order valence-electron chi connectivity index (χ0n) is 14.5. The van der Waals surface area contributed by atoms with Crippen molar-refractivity contribution in [2.24, 2.45) is 0 Å². The number of likely N-dealkylation sites (N-methyl/N-ethyl adjacent to an activating group) is 1. The number of carbonyl (C=O) groups excluding carboxylic acids is 1. The van der Waals surface area contributed by atoms with Gasteiger partial charge in [0.25, 0.3) is 5.91 Å². The van der Waals surface area contributed by atoms with Gasteiger partial charge in [0.1, 0.15) is 0 Å². The maximum absolute atomic E-state index is 12.6. The smallest absolute Gasteiger partial charge is 0.251 e. The number of fused-ring (bicyclic) bond motifs is 1. The Kier molecular flexibility index (Phi) is 4.73. The third-order valence-electron chi connectivity index (χ3n) is 4.52. The Morgan fingerprint density at radius 3 is 2.75 bits per heavy atom. The van der Waals surface area contributed by atoms with Crippen molar-refractivity contribution in [3.8, 4) is 0 Å². The van der Waals surface area contributed by atoms with Gasteiger partial charge in [-0.05, 0) is 63.2 Å². The number of carbonyl (C=O) groups is 1. The molecule has 2 aromatic heterocycles. The highest BCUT2D eigenvalue weighted by atomic mass is 32.1. The number of H-pyrrole nitrogens is 1. The number of rotatable bonds is 5. The van der Waals surface area contributed by atoms with Crippen molar-refractivity contribution in [1.82, 2.24) is 15.2 Å². The monoisotopic (exact) mass is 341 g/mol.